The van der Waals surface area contributed by atoms with Crippen molar-refractivity contribution in [1.29, 1.82) is 0 Å². The number of anilines is 1. The van der Waals surface area contributed by atoms with Crippen molar-refractivity contribution < 1.29 is 14.1 Å². The molecule has 0 aliphatic carbocycles. The van der Waals surface area contributed by atoms with E-state index >= 15 is 0 Å². The van der Waals surface area contributed by atoms with Crippen molar-refractivity contribution in [1.82, 2.24) is 15.5 Å². The second-order valence-electron chi connectivity index (χ2n) is 7.13. The van der Waals surface area contributed by atoms with Crippen LogP contribution in [0.4, 0.5) is 5.69 Å². The van der Waals surface area contributed by atoms with Crippen LogP contribution in [0, 0.1) is 6.92 Å². The molecule has 9 heteroatoms. The predicted molar refractivity (Wildman–Crippen MR) is 126 cm³/mol. The van der Waals surface area contributed by atoms with Gasteiger partial charge in [-0.3, -0.25) is 14.6 Å². The Morgan fingerprint density at radius 1 is 0.970 bits per heavy atom. The van der Waals surface area contributed by atoms with Gasteiger partial charge in [0.1, 0.15) is 17.0 Å². The number of aromatic nitrogens is 2. The molecule has 2 N–H and O–H groups in total. The van der Waals surface area contributed by atoms with E-state index in [9.17, 15) is 9.59 Å². The largest absolute Gasteiger partial charge is 0.360 e. The highest BCUT2D eigenvalue weighted by Crippen LogP contribution is 2.36. The summed E-state index contributed by atoms with van der Waals surface area (Å²) in [7, 11) is 0. The first-order chi connectivity index (χ1) is 15.9. The Morgan fingerprint density at radius 3 is 2.39 bits per heavy atom. The highest BCUT2D eigenvalue weighted by molar-refractivity contribution is 6.39. The van der Waals surface area contributed by atoms with Crippen LogP contribution in [0.1, 0.15) is 32.0 Å². The molecule has 0 spiro atoms. The van der Waals surface area contributed by atoms with Crippen molar-refractivity contribution in [3.8, 4) is 11.3 Å². The second kappa shape index (κ2) is 9.85. The van der Waals surface area contributed by atoms with E-state index in [0.29, 0.717) is 32.6 Å². The summed E-state index contributed by atoms with van der Waals surface area (Å²) in [6.45, 7) is 1.86. The van der Waals surface area contributed by atoms with Crippen molar-refractivity contribution in [3.63, 3.8) is 0 Å². The number of hydrogen-bond acceptors (Lipinski definition) is 5. The molecule has 0 aliphatic rings. The molecule has 7 nitrogen and oxygen atoms in total. The van der Waals surface area contributed by atoms with Crippen LogP contribution in [0.25, 0.3) is 11.3 Å². The van der Waals surface area contributed by atoms with Gasteiger partial charge >= 0.3 is 0 Å². The fourth-order valence-electron chi connectivity index (χ4n) is 3.27. The highest BCUT2D eigenvalue weighted by atomic mass is 35.5. The lowest BCUT2D eigenvalue weighted by Crippen LogP contribution is -2.24. The van der Waals surface area contributed by atoms with E-state index in [1.165, 1.54) is 0 Å². The smallest absolute Gasteiger partial charge is 0.257 e. The number of amides is 2. The minimum atomic E-state index is -0.383. The van der Waals surface area contributed by atoms with Gasteiger partial charge in [0.25, 0.3) is 11.8 Å². The zero-order valence-electron chi connectivity index (χ0n) is 17.4. The summed E-state index contributed by atoms with van der Waals surface area (Å²) < 4.78 is 5.26. The third kappa shape index (κ3) is 5.05. The number of nitrogens with zero attached hydrogens (tertiary/aromatic N) is 2. The molecule has 166 valence electrons. The third-order valence-electron chi connectivity index (χ3n) is 4.87. The molecule has 0 atom stereocenters. The second-order valence-corrected chi connectivity index (χ2v) is 7.95. The van der Waals surface area contributed by atoms with Crippen molar-refractivity contribution in [2.75, 3.05) is 5.32 Å². The quantitative estimate of drug-likeness (QED) is 0.377. The van der Waals surface area contributed by atoms with Gasteiger partial charge < -0.3 is 15.2 Å². The Labute approximate surface area is 199 Å². The van der Waals surface area contributed by atoms with Crippen LogP contribution < -0.4 is 10.6 Å². The Kier molecular flexibility index (Phi) is 6.72. The first-order valence-electron chi connectivity index (χ1n) is 9.93. The van der Waals surface area contributed by atoms with E-state index in [-0.39, 0.29) is 29.6 Å². The monoisotopic (exact) mass is 480 g/mol. The lowest BCUT2D eigenvalue weighted by atomic mass is 10.1. The summed E-state index contributed by atoms with van der Waals surface area (Å²) in [5.74, 6) is -0.289. The van der Waals surface area contributed by atoms with Crippen LogP contribution in [0.15, 0.2) is 71.5 Å². The van der Waals surface area contributed by atoms with Gasteiger partial charge in [-0.1, -0.05) is 46.6 Å². The van der Waals surface area contributed by atoms with E-state index in [4.69, 9.17) is 27.7 Å². The Balaban J connectivity index is 1.49. The summed E-state index contributed by atoms with van der Waals surface area (Å²) in [6.07, 6.45) is 3.11. The van der Waals surface area contributed by atoms with E-state index < -0.39 is 0 Å². The number of halogens is 2. The lowest BCUT2D eigenvalue weighted by molar-refractivity contribution is 0.0949. The molecule has 2 heterocycles. The van der Waals surface area contributed by atoms with Crippen LogP contribution in [0.3, 0.4) is 0 Å². The Hall–Kier alpha value is -3.68. The lowest BCUT2D eigenvalue weighted by Gasteiger charge is -2.10. The molecule has 2 amide bonds. The summed E-state index contributed by atoms with van der Waals surface area (Å²) in [5, 5.41) is 10.4. The van der Waals surface area contributed by atoms with Gasteiger partial charge in [-0.05, 0) is 48.9 Å². The minimum Gasteiger partial charge on any atom is -0.360 e. The molecule has 4 rings (SSSR count). The van der Waals surface area contributed by atoms with Gasteiger partial charge in [-0.25, -0.2) is 0 Å². The topological polar surface area (TPSA) is 97.1 Å². The average Bonchev–Trinajstić information content (AvgIpc) is 3.19. The van der Waals surface area contributed by atoms with Crippen LogP contribution in [-0.4, -0.2) is 22.0 Å². The molecule has 0 fully saturated rings. The van der Waals surface area contributed by atoms with Gasteiger partial charge in [0.15, 0.2) is 0 Å². The maximum Gasteiger partial charge on any atom is 0.257 e. The maximum atomic E-state index is 13.0. The van der Waals surface area contributed by atoms with E-state index in [1.807, 2.05) is 6.07 Å². The normalized spacial score (nSPS) is 10.6. The van der Waals surface area contributed by atoms with Crippen LogP contribution in [0.5, 0.6) is 0 Å². The van der Waals surface area contributed by atoms with Gasteiger partial charge in [-0.2, -0.15) is 0 Å². The number of benzene rings is 2. The number of rotatable bonds is 6. The van der Waals surface area contributed by atoms with Crippen molar-refractivity contribution in [2.24, 2.45) is 0 Å². The summed E-state index contributed by atoms with van der Waals surface area (Å²) in [4.78, 5) is 29.3. The SMILES string of the molecule is Cc1onc(-c2c(Cl)cccc2Cl)c1C(=O)NCc1cccc(NC(=O)c2ccncc2)c1. The van der Waals surface area contributed by atoms with E-state index in [0.717, 1.165) is 5.56 Å². The van der Waals surface area contributed by atoms with Crippen LogP contribution in [0.2, 0.25) is 10.0 Å². The Morgan fingerprint density at radius 2 is 1.67 bits per heavy atom. The molecule has 0 aliphatic heterocycles. The number of pyridine rings is 1. The Bertz CT molecular complexity index is 1300. The standard InChI is InChI=1S/C24H18Cl2N4O3/c1-14-20(22(30-33-14)21-18(25)6-3-7-19(21)26)24(32)28-13-15-4-2-5-17(12-15)29-23(31)16-8-10-27-11-9-16/h2-12H,13H2,1H3,(H,28,32)(H,29,31). The summed E-state index contributed by atoms with van der Waals surface area (Å²) >= 11 is 12.6. The molecule has 2 aromatic carbocycles. The van der Waals surface area contributed by atoms with Crippen LogP contribution in [-0.2, 0) is 6.54 Å². The fraction of sp³-hybridized carbons (Fsp3) is 0.0833. The zero-order chi connectivity index (χ0) is 23.4. The first kappa shape index (κ1) is 22.5. The number of nitrogens with one attached hydrogen (secondary N) is 2. The molecule has 0 bridgehead atoms. The first-order valence-corrected chi connectivity index (χ1v) is 10.7. The van der Waals surface area contributed by atoms with Gasteiger partial charge in [0.2, 0.25) is 0 Å². The van der Waals surface area contributed by atoms with Gasteiger partial charge in [0.05, 0.1) is 10.0 Å². The summed E-state index contributed by atoms with van der Waals surface area (Å²) in [6, 6.07) is 15.5. The van der Waals surface area contributed by atoms with Crippen molar-refractivity contribution in [3.05, 3.63) is 99.5 Å². The van der Waals surface area contributed by atoms with Crippen LogP contribution >= 0.6 is 23.2 Å². The zero-order valence-corrected chi connectivity index (χ0v) is 18.9. The van der Waals surface area contributed by atoms with E-state index in [1.54, 1.807) is 67.8 Å². The van der Waals surface area contributed by atoms with Crippen molar-refractivity contribution >= 4 is 40.7 Å². The van der Waals surface area contributed by atoms with Crippen molar-refractivity contribution in [2.45, 2.75) is 13.5 Å². The number of aryl methyl sites for hydroxylation is 1. The molecule has 4 aromatic rings. The third-order valence-corrected chi connectivity index (χ3v) is 5.50. The fourth-order valence-corrected chi connectivity index (χ4v) is 3.85. The van der Waals surface area contributed by atoms with Gasteiger partial charge in [0, 0.05) is 35.8 Å². The molecule has 33 heavy (non-hydrogen) atoms. The maximum absolute atomic E-state index is 13.0. The molecule has 0 unspecified atom stereocenters. The minimum absolute atomic E-state index is 0.220. The molecule has 0 saturated heterocycles. The average molecular weight is 481 g/mol. The number of hydrogen-bond donors (Lipinski definition) is 2. The summed E-state index contributed by atoms with van der Waals surface area (Å²) in [5.41, 5.74) is 2.86. The molecular formula is C24H18Cl2N4O3. The molecule has 0 radical (unpaired) electrons. The number of carbonyl (C=O) groups excluding carboxylic acids is 2. The molecule has 0 saturated carbocycles. The van der Waals surface area contributed by atoms with E-state index in [2.05, 4.69) is 20.8 Å². The highest BCUT2D eigenvalue weighted by Gasteiger charge is 2.24. The number of carbonyl (C=O) groups is 2. The molecule has 2 aromatic heterocycles. The molecular weight excluding hydrogens is 463 g/mol. The predicted octanol–water partition coefficient (Wildman–Crippen LogP) is 5.53. The van der Waals surface area contributed by atoms with Gasteiger partial charge in [-0.15, -0.1) is 0 Å².